The van der Waals surface area contributed by atoms with Crippen molar-refractivity contribution in [2.75, 3.05) is 0 Å². The van der Waals surface area contributed by atoms with Crippen LogP contribution in [0.3, 0.4) is 0 Å². The average Bonchev–Trinajstić information content (AvgIpc) is 2.87. The Hall–Kier alpha value is -0.480. The number of hydrogen-bond donors (Lipinski definition) is 2. The number of amides is 1. The Morgan fingerprint density at radius 2 is 2.35 bits per heavy atom. The van der Waals surface area contributed by atoms with Crippen LogP contribution >= 0.6 is 24.0 Å². The molecule has 0 aliphatic heterocycles. The predicted octanol–water partition coefficient (Wildman–Crippen LogP) is 3.59. The molecule has 0 aromatic carbocycles. The fourth-order valence-corrected chi connectivity index (χ4v) is 3.76. The van der Waals surface area contributed by atoms with E-state index < -0.39 is 0 Å². The maximum atomic E-state index is 12.0. The van der Waals surface area contributed by atoms with Crippen LogP contribution in [0.25, 0.3) is 0 Å². The molecule has 1 heterocycles. The van der Waals surface area contributed by atoms with Crippen molar-refractivity contribution < 1.29 is 4.79 Å². The number of hydrogen-bond acceptors (Lipinski definition) is 3. The van der Waals surface area contributed by atoms with Gasteiger partial charge in [-0.1, -0.05) is 20.3 Å². The Kier molecular flexibility index (Phi) is 4.15. The van der Waals surface area contributed by atoms with Crippen molar-refractivity contribution in [2.45, 2.75) is 44.0 Å². The zero-order valence-electron chi connectivity index (χ0n) is 10.3. The van der Waals surface area contributed by atoms with Crippen molar-refractivity contribution >= 4 is 29.9 Å². The summed E-state index contributed by atoms with van der Waals surface area (Å²) in [6, 6.07) is 2.18. The molecule has 17 heavy (non-hydrogen) atoms. The van der Waals surface area contributed by atoms with E-state index in [2.05, 4.69) is 31.8 Å². The van der Waals surface area contributed by atoms with E-state index in [1.165, 1.54) is 24.2 Å². The van der Waals surface area contributed by atoms with Crippen LogP contribution in [-0.4, -0.2) is 11.9 Å². The normalized spacial score (nSPS) is 28.3. The van der Waals surface area contributed by atoms with Crippen molar-refractivity contribution in [3.05, 3.63) is 16.3 Å². The summed E-state index contributed by atoms with van der Waals surface area (Å²) in [5.41, 5.74) is 0. The number of thiophene rings is 1. The molecule has 1 aliphatic carbocycles. The van der Waals surface area contributed by atoms with Gasteiger partial charge in [0, 0.05) is 16.3 Å². The van der Waals surface area contributed by atoms with Gasteiger partial charge in [0.1, 0.15) is 0 Å². The fourth-order valence-electron chi connectivity index (χ4n) is 2.71. The Morgan fingerprint density at radius 3 is 2.88 bits per heavy atom. The largest absolute Gasteiger partial charge is 0.348 e. The van der Waals surface area contributed by atoms with Gasteiger partial charge >= 0.3 is 0 Å². The van der Waals surface area contributed by atoms with Crippen LogP contribution < -0.4 is 5.32 Å². The first-order chi connectivity index (χ1) is 8.11. The van der Waals surface area contributed by atoms with Crippen LogP contribution in [0.5, 0.6) is 0 Å². The molecule has 1 amide bonds. The first-order valence-corrected chi connectivity index (χ1v) is 7.52. The second-order valence-electron chi connectivity index (χ2n) is 4.85. The summed E-state index contributed by atoms with van der Waals surface area (Å²) < 4.78 is 0. The molecule has 0 saturated heterocycles. The minimum atomic E-state index is 0.0592. The van der Waals surface area contributed by atoms with Crippen molar-refractivity contribution in [2.24, 2.45) is 11.8 Å². The van der Waals surface area contributed by atoms with Gasteiger partial charge in [0.15, 0.2) is 0 Å². The Balaban J connectivity index is 1.96. The lowest BCUT2D eigenvalue weighted by Crippen LogP contribution is -2.37. The van der Waals surface area contributed by atoms with Gasteiger partial charge in [-0.15, -0.1) is 24.0 Å². The summed E-state index contributed by atoms with van der Waals surface area (Å²) in [4.78, 5) is 13.7. The van der Waals surface area contributed by atoms with E-state index in [0.717, 1.165) is 22.1 Å². The van der Waals surface area contributed by atoms with E-state index in [4.69, 9.17) is 0 Å². The summed E-state index contributed by atoms with van der Waals surface area (Å²) in [5, 5.41) is 5.05. The molecular formula is C13H19NOS2. The summed E-state index contributed by atoms with van der Waals surface area (Å²) >= 11 is 5.69. The van der Waals surface area contributed by atoms with Gasteiger partial charge in [0.05, 0.1) is 4.88 Å². The van der Waals surface area contributed by atoms with Crippen molar-refractivity contribution in [3.8, 4) is 0 Å². The second kappa shape index (κ2) is 5.44. The molecule has 1 aromatic rings. The highest BCUT2D eigenvalue weighted by molar-refractivity contribution is 7.80. The lowest BCUT2D eigenvalue weighted by atomic mass is 9.93. The van der Waals surface area contributed by atoms with Gasteiger partial charge in [0.25, 0.3) is 5.91 Å². The fraction of sp³-hybridized carbons (Fsp3) is 0.615. The zero-order valence-corrected chi connectivity index (χ0v) is 12.0. The van der Waals surface area contributed by atoms with Gasteiger partial charge in [0.2, 0.25) is 0 Å². The molecular weight excluding hydrogens is 250 g/mol. The molecule has 1 aliphatic rings. The van der Waals surface area contributed by atoms with Crippen LogP contribution in [0.15, 0.2) is 16.3 Å². The van der Waals surface area contributed by atoms with Gasteiger partial charge < -0.3 is 5.32 Å². The topological polar surface area (TPSA) is 29.1 Å². The molecule has 0 bridgehead atoms. The predicted molar refractivity (Wildman–Crippen MR) is 75.0 cm³/mol. The number of carbonyl (C=O) groups excluding carboxylic acids is 1. The van der Waals surface area contributed by atoms with E-state index in [1.807, 2.05) is 11.4 Å². The molecule has 2 nitrogen and oxygen atoms in total. The zero-order chi connectivity index (χ0) is 12.4. The molecule has 1 saturated carbocycles. The first kappa shape index (κ1) is 13.0. The molecule has 94 valence electrons. The lowest BCUT2D eigenvalue weighted by molar-refractivity contribution is 0.0930. The molecule has 1 aromatic heterocycles. The maximum Gasteiger partial charge on any atom is 0.261 e. The standard InChI is InChI=1S/C13H19NOS2/c1-3-9-4-5-11(8(9)2)14-13(15)12-6-10(16)7-17-12/h6-9,11,16H,3-5H2,1-2H3,(H,14,15). The Labute approximate surface area is 112 Å². The number of rotatable bonds is 3. The van der Waals surface area contributed by atoms with Crippen molar-refractivity contribution in [1.29, 1.82) is 0 Å². The summed E-state index contributed by atoms with van der Waals surface area (Å²) in [6.45, 7) is 4.49. The highest BCUT2D eigenvalue weighted by Gasteiger charge is 2.32. The van der Waals surface area contributed by atoms with Crippen LogP contribution in [0.1, 0.15) is 42.8 Å². The SMILES string of the molecule is CCC1CCC(NC(=O)c2cc(S)cs2)C1C. The molecule has 2 rings (SSSR count). The van der Waals surface area contributed by atoms with Crippen molar-refractivity contribution in [3.63, 3.8) is 0 Å². The smallest absolute Gasteiger partial charge is 0.261 e. The number of nitrogens with one attached hydrogen (secondary N) is 1. The molecule has 1 fully saturated rings. The van der Waals surface area contributed by atoms with Gasteiger partial charge in [-0.3, -0.25) is 4.79 Å². The minimum Gasteiger partial charge on any atom is -0.348 e. The third kappa shape index (κ3) is 2.86. The highest BCUT2D eigenvalue weighted by atomic mass is 32.1. The van der Waals surface area contributed by atoms with E-state index in [-0.39, 0.29) is 5.91 Å². The number of thiol groups is 1. The monoisotopic (exact) mass is 269 g/mol. The highest BCUT2D eigenvalue weighted by Crippen LogP contribution is 2.34. The summed E-state index contributed by atoms with van der Waals surface area (Å²) in [5.74, 6) is 1.42. The summed E-state index contributed by atoms with van der Waals surface area (Å²) in [6.07, 6.45) is 3.57. The third-order valence-corrected chi connectivity index (χ3v) is 5.24. The van der Waals surface area contributed by atoms with Gasteiger partial charge in [-0.05, 0) is 30.7 Å². The number of carbonyl (C=O) groups is 1. The van der Waals surface area contributed by atoms with E-state index >= 15 is 0 Å². The molecule has 3 atom stereocenters. The lowest BCUT2D eigenvalue weighted by Gasteiger charge is -2.20. The van der Waals surface area contributed by atoms with Crippen LogP contribution in [0.2, 0.25) is 0 Å². The third-order valence-electron chi connectivity index (χ3n) is 3.88. The van der Waals surface area contributed by atoms with E-state index in [1.54, 1.807) is 0 Å². The van der Waals surface area contributed by atoms with Crippen molar-refractivity contribution in [1.82, 2.24) is 5.32 Å². The molecule has 3 unspecified atom stereocenters. The van der Waals surface area contributed by atoms with E-state index in [9.17, 15) is 4.79 Å². The quantitative estimate of drug-likeness (QED) is 0.807. The molecule has 1 N–H and O–H groups in total. The Morgan fingerprint density at radius 1 is 1.59 bits per heavy atom. The van der Waals surface area contributed by atoms with Crippen LogP contribution in [-0.2, 0) is 0 Å². The van der Waals surface area contributed by atoms with Crippen LogP contribution in [0, 0.1) is 11.8 Å². The van der Waals surface area contributed by atoms with Gasteiger partial charge in [-0.2, -0.15) is 0 Å². The first-order valence-electron chi connectivity index (χ1n) is 6.20. The van der Waals surface area contributed by atoms with E-state index in [0.29, 0.717) is 12.0 Å². The second-order valence-corrected chi connectivity index (χ2v) is 6.28. The Bertz CT molecular complexity index is 402. The average molecular weight is 269 g/mol. The maximum absolute atomic E-state index is 12.0. The molecule has 4 heteroatoms. The van der Waals surface area contributed by atoms with Gasteiger partial charge in [-0.25, -0.2) is 0 Å². The summed E-state index contributed by atoms with van der Waals surface area (Å²) in [7, 11) is 0. The minimum absolute atomic E-state index is 0.0592. The molecule has 0 spiro atoms. The van der Waals surface area contributed by atoms with Crippen LogP contribution in [0.4, 0.5) is 0 Å². The molecule has 0 radical (unpaired) electrons.